The maximum Gasteiger partial charge on any atom is 0.406 e. The Bertz CT molecular complexity index is 1360. The minimum Gasteiger partial charge on any atom is -0.507 e. The van der Waals surface area contributed by atoms with Crippen LogP contribution in [0.1, 0.15) is 25.1 Å². The van der Waals surface area contributed by atoms with Crippen LogP contribution in [-0.4, -0.2) is 74.3 Å². The van der Waals surface area contributed by atoms with E-state index >= 15 is 4.39 Å². The molecule has 2 aromatic heterocycles. The van der Waals surface area contributed by atoms with E-state index in [-0.39, 0.29) is 45.8 Å². The van der Waals surface area contributed by atoms with Crippen molar-refractivity contribution in [3.63, 3.8) is 0 Å². The number of hydrogen-bond donors (Lipinski definition) is 1. The molecule has 0 radical (unpaired) electrons. The molecule has 8 nitrogen and oxygen atoms in total. The molecule has 2 fully saturated rings. The van der Waals surface area contributed by atoms with Crippen molar-refractivity contribution in [2.24, 2.45) is 0 Å². The molecule has 3 aromatic rings. The third-order valence-corrected chi connectivity index (χ3v) is 7.53. The number of phenols is 1. The highest BCUT2D eigenvalue weighted by molar-refractivity contribution is 5.86. The van der Waals surface area contributed by atoms with Gasteiger partial charge >= 0.3 is 6.18 Å². The maximum absolute atomic E-state index is 15.2. The maximum atomic E-state index is 15.2. The van der Waals surface area contributed by atoms with Gasteiger partial charge in [0.25, 0.3) is 5.56 Å². The molecule has 4 atom stereocenters. The monoisotopic (exact) mass is 506 g/mol. The Morgan fingerprint density at radius 1 is 1.19 bits per heavy atom. The number of anilines is 1. The average molecular weight is 507 g/mol. The van der Waals surface area contributed by atoms with Crippen molar-refractivity contribution < 1.29 is 22.7 Å². The number of rotatable bonds is 4. The van der Waals surface area contributed by atoms with E-state index in [2.05, 4.69) is 20.1 Å². The molecular weight excluding hydrogens is 480 g/mol. The molecule has 2 unspecified atom stereocenters. The van der Waals surface area contributed by atoms with Gasteiger partial charge in [0, 0.05) is 24.7 Å². The highest BCUT2D eigenvalue weighted by atomic mass is 19.4. The van der Waals surface area contributed by atoms with Gasteiger partial charge in [-0.15, -0.1) is 10.2 Å². The molecule has 5 rings (SSSR count). The fraction of sp³-hybridized carbons (Fsp3) is 0.500. The fourth-order valence-corrected chi connectivity index (χ4v) is 5.51. The van der Waals surface area contributed by atoms with Crippen LogP contribution in [0.25, 0.3) is 22.2 Å². The van der Waals surface area contributed by atoms with Gasteiger partial charge in [-0.2, -0.15) is 13.2 Å². The van der Waals surface area contributed by atoms with Crippen molar-refractivity contribution in [2.75, 3.05) is 19.0 Å². The third-order valence-electron chi connectivity index (χ3n) is 7.53. The fourth-order valence-electron chi connectivity index (χ4n) is 5.51. The number of nitrogens with zero attached hydrogens (tertiary/aromatic N) is 6. The lowest BCUT2D eigenvalue weighted by Crippen LogP contribution is -2.56. The number of aryl methyl sites for hydroxylation is 1. The normalized spacial score (nSPS) is 24.4. The van der Waals surface area contributed by atoms with Crippen LogP contribution in [-0.2, 0) is 6.54 Å². The van der Waals surface area contributed by atoms with Crippen LogP contribution in [0.2, 0.25) is 0 Å². The number of phenolic OH excluding ortho intramolecular Hbond substituents is 1. The van der Waals surface area contributed by atoms with Gasteiger partial charge in [-0.3, -0.25) is 14.3 Å². The zero-order valence-electron chi connectivity index (χ0n) is 20.0. The molecule has 2 aliphatic heterocycles. The summed E-state index contributed by atoms with van der Waals surface area (Å²) in [6.07, 6.45) is -3.09. The zero-order valence-corrected chi connectivity index (χ0v) is 20.0. The predicted octanol–water partition coefficient (Wildman–Crippen LogP) is 3.44. The second-order valence-electron chi connectivity index (χ2n) is 9.65. The topological polar surface area (TPSA) is 87.4 Å². The molecule has 0 saturated carbocycles. The summed E-state index contributed by atoms with van der Waals surface area (Å²) >= 11 is 0. The van der Waals surface area contributed by atoms with Crippen molar-refractivity contribution >= 4 is 16.7 Å². The van der Waals surface area contributed by atoms with Gasteiger partial charge in [0.2, 0.25) is 0 Å². The largest absolute Gasteiger partial charge is 0.507 e. The molecule has 0 aliphatic carbocycles. The van der Waals surface area contributed by atoms with E-state index in [4.69, 9.17) is 0 Å². The standard InChI is InChI=1S/C24H26F4N6O2/c1-12-29-17-9-14(20(35)10-15(17)23(36)34(12)11-24(26,27)28)16-5-7-21(31-30-16)33(3)19-8-13-4-6-18(22(19)25)32(13)2/h5,7,9-10,13,18-19,22,35H,4,6,8,11H2,1-3H3/t13?,18?,19-,22+/m0/s1. The lowest BCUT2D eigenvalue weighted by Gasteiger charge is -2.43. The van der Waals surface area contributed by atoms with Crippen molar-refractivity contribution in [2.45, 2.75) is 63.2 Å². The molecule has 12 heteroatoms. The van der Waals surface area contributed by atoms with E-state index in [0.717, 1.165) is 18.9 Å². The Morgan fingerprint density at radius 2 is 1.94 bits per heavy atom. The Balaban J connectivity index is 1.44. The Hall–Kier alpha value is -3.28. The molecule has 36 heavy (non-hydrogen) atoms. The second-order valence-corrected chi connectivity index (χ2v) is 9.65. The molecule has 0 amide bonds. The van der Waals surface area contributed by atoms with Crippen LogP contribution < -0.4 is 10.5 Å². The number of aromatic hydroxyl groups is 1. The number of piperidine rings is 1. The first kappa shape index (κ1) is 24.4. The van der Waals surface area contributed by atoms with E-state index in [0.29, 0.717) is 22.8 Å². The van der Waals surface area contributed by atoms with Gasteiger partial charge in [0.1, 0.15) is 24.3 Å². The zero-order chi connectivity index (χ0) is 25.9. The second kappa shape index (κ2) is 8.68. The Morgan fingerprint density at radius 3 is 2.61 bits per heavy atom. The molecular formula is C24H26F4N6O2. The van der Waals surface area contributed by atoms with Gasteiger partial charge in [0.15, 0.2) is 5.82 Å². The van der Waals surface area contributed by atoms with Crippen LogP contribution >= 0.6 is 0 Å². The van der Waals surface area contributed by atoms with E-state index in [1.165, 1.54) is 13.0 Å². The molecule has 1 N–H and O–H groups in total. The minimum absolute atomic E-state index is 0.0996. The Labute approximate surface area is 204 Å². The SMILES string of the molecule is Cc1nc2cc(-c3ccc(N(C)[C@H]4CC5CCC([C@H]4F)N5C)nn3)c(O)cc2c(=O)n1CC(F)(F)F. The summed E-state index contributed by atoms with van der Waals surface area (Å²) in [5.41, 5.74) is -0.253. The van der Waals surface area contributed by atoms with E-state index in [9.17, 15) is 23.1 Å². The first-order valence-corrected chi connectivity index (χ1v) is 11.7. The van der Waals surface area contributed by atoms with Crippen LogP contribution in [0.5, 0.6) is 5.75 Å². The summed E-state index contributed by atoms with van der Waals surface area (Å²) in [4.78, 5) is 20.7. The average Bonchev–Trinajstić information content (AvgIpc) is 3.08. The molecule has 0 spiro atoms. The smallest absolute Gasteiger partial charge is 0.406 e. The van der Waals surface area contributed by atoms with Gasteiger partial charge in [0.05, 0.1) is 22.6 Å². The lowest BCUT2D eigenvalue weighted by atomic mass is 9.95. The number of benzene rings is 1. The number of aromatic nitrogens is 4. The minimum atomic E-state index is -4.59. The van der Waals surface area contributed by atoms with Gasteiger partial charge in [-0.1, -0.05) is 0 Å². The lowest BCUT2D eigenvalue weighted by molar-refractivity contribution is -0.141. The predicted molar refractivity (Wildman–Crippen MR) is 126 cm³/mol. The Kier molecular flexibility index (Phi) is 5.89. The number of alkyl halides is 4. The number of hydrogen-bond acceptors (Lipinski definition) is 7. The summed E-state index contributed by atoms with van der Waals surface area (Å²) in [5, 5.41) is 18.8. The molecule has 192 valence electrons. The highest BCUT2D eigenvalue weighted by Gasteiger charge is 2.47. The quantitative estimate of drug-likeness (QED) is 0.543. The molecule has 4 heterocycles. The van der Waals surface area contributed by atoms with Crippen molar-refractivity contribution in [1.82, 2.24) is 24.6 Å². The van der Waals surface area contributed by atoms with Crippen molar-refractivity contribution in [3.05, 3.63) is 40.4 Å². The van der Waals surface area contributed by atoms with Crippen LogP contribution in [0.15, 0.2) is 29.1 Å². The van der Waals surface area contributed by atoms with Gasteiger partial charge in [-0.05, 0) is 57.5 Å². The van der Waals surface area contributed by atoms with Gasteiger partial charge in [-0.25, -0.2) is 9.37 Å². The van der Waals surface area contributed by atoms with Crippen LogP contribution in [0.3, 0.4) is 0 Å². The van der Waals surface area contributed by atoms with Crippen LogP contribution in [0, 0.1) is 6.92 Å². The molecule has 2 aliphatic rings. The first-order valence-electron chi connectivity index (χ1n) is 11.7. The molecule has 1 aromatic carbocycles. The summed E-state index contributed by atoms with van der Waals surface area (Å²) in [7, 11) is 3.76. The van der Waals surface area contributed by atoms with E-state index < -0.39 is 24.5 Å². The summed E-state index contributed by atoms with van der Waals surface area (Å²) in [6, 6.07) is 5.71. The number of halogens is 4. The summed E-state index contributed by atoms with van der Waals surface area (Å²) in [5.74, 6) is 0.0481. The molecule has 2 saturated heterocycles. The van der Waals surface area contributed by atoms with Crippen molar-refractivity contribution in [3.8, 4) is 17.0 Å². The molecule has 2 bridgehead atoms. The van der Waals surface area contributed by atoms with Gasteiger partial charge < -0.3 is 10.0 Å². The number of fused-ring (bicyclic) bond motifs is 3. The summed E-state index contributed by atoms with van der Waals surface area (Å²) < 4.78 is 54.3. The summed E-state index contributed by atoms with van der Waals surface area (Å²) in [6.45, 7) is -0.154. The van der Waals surface area contributed by atoms with E-state index in [1.54, 1.807) is 24.1 Å². The van der Waals surface area contributed by atoms with Crippen LogP contribution in [0.4, 0.5) is 23.4 Å². The van der Waals surface area contributed by atoms with E-state index in [1.807, 2.05) is 7.05 Å². The first-order chi connectivity index (χ1) is 16.9. The van der Waals surface area contributed by atoms with Crippen molar-refractivity contribution in [1.29, 1.82) is 0 Å². The third kappa shape index (κ3) is 4.16. The highest BCUT2D eigenvalue weighted by Crippen LogP contribution is 2.39.